The van der Waals surface area contributed by atoms with Gasteiger partial charge in [0, 0.05) is 12.1 Å². The molecule has 0 bridgehead atoms. The third-order valence-corrected chi connectivity index (χ3v) is 4.75. The second kappa shape index (κ2) is 5.96. The fourth-order valence-electron chi connectivity index (χ4n) is 3.51. The molecule has 1 atom stereocenters. The van der Waals surface area contributed by atoms with E-state index in [1.807, 2.05) is 18.2 Å². The molecule has 0 radical (unpaired) electrons. The minimum atomic E-state index is -0.423. The number of rotatable bonds is 2. The Bertz CT molecular complexity index is 490. The van der Waals surface area contributed by atoms with Crippen LogP contribution in [0.25, 0.3) is 0 Å². The molecule has 1 aliphatic carbocycles. The molecule has 1 aromatic carbocycles. The summed E-state index contributed by atoms with van der Waals surface area (Å²) in [5, 5.41) is 13.5. The Balaban J connectivity index is 1.82. The largest absolute Gasteiger partial charge is 0.388 e. The van der Waals surface area contributed by atoms with Gasteiger partial charge in [0.05, 0.1) is 6.10 Å². The average molecular weight is 273 g/mol. The molecule has 1 amide bonds. The number of benzene rings is 1. The fourth-order valence-corrected chi connectivity index (χ4v) is 3.51. The summed E-state index contributed by atoms with van der Waals surface area (Å²) in [6.45, 7) is 0.719. The molecule has 0 saturated heterocycles. The summed E-state index contributed by atoms with van der Waals surface area (Å²) in [7, 11) is 0. The summed E-state index contributed by atoms with van der Waals surface area (Å²) in [6.07, 6.45) is 7.68. The lowest BCUT2D eigenvalue weighted by atomic mass is 9.87. The highest BCUT2D eigenvalue weighted by Crippen LogP contribution is 2.34. The van der Waals surface area contributed by atoms with Crippen LogP contribution >= 0.6 is 0 Å². The van der Waals surface area contributed by atoms with E-state index in [1.54, 1.807) is 0 Å². The van der Waals surface area contributed by atoms with Crippen molar-refractivity contribution in [2.45, 2.75) is 51.0 Å². The van der Waals surface area contributed by atoms with Crippen LogP contribution in [-0.4, -0.2) is 17.6 Å². The standard InChI is InChI=1S/C17H23NO2/c19-16(13-5-3-1-2-4-6-13)14-8-7-12-9-10-18-17(20)15(12)11-14/h7-8,11,13,16,19H,1-6,9-10H2,(H,18,20). The summed E-state index contributed by atoms with van der Waals surface area (Å²) in [4.78, 5) is 11.9. The van der Waals surface area contributed by atoms with Gasteiger partial charge in [-0.3, -0.25) is 4.79 Å². The molecular weight excluding hydrogens is 250 g/mol. The number of aliphatic hydroxyl groups is 1. The number of carbonyl (C=O) groups excluding carboxylic acids is 1. The van der Waals surface area contributed by atoms with Crippen molar-refractivity contribution >= 4 is 5.91 Å². The van der Waals surface area contributed by atoms with Gasteiger partial charge in [-0.15, -0.1) is 0 Å². The first kappa shape index (κ1) is 13.6. The molecule has 1 unspecified atom stereocenters. The molecule has 2 N–H and O–H groups in total. The molecule has 0 aromatic heterocycles. The molecule has 1 aliphatic heterocycles. The van der Waals surface area contributed by atoms with Crippen LogP contribution in [0.3, 0.4) is 0 Å². The summed E-state index contributed by atoms with van der Waals surface area (Å²) >= 11 is 0. The van der Waals surface area contributed by atoms with E-state index in [-0.39, 0.29) is 5.91 Å². The van der Waals surface area contributed by atoms with E-state index in [4.69, 9.17) is 0 Å². The van der Waals surface area contributed by atoms with Crippen molar-refractivity contribution in [1.29, 1.82) is 0 Å². The second-order valence-electron chi connectivity index (χ2n) is 6.12. The van der Waals surface area contributed by atoms with Crippen molar-refractivity contribution in [3.8, 4) is 0 Å². The van der Waals surface area contributed by atoms with Crippen molar-refractivity contribution in [3.05, 3.63) is 34.9 Å². The van der Waals surface area contributed by atoms with Crippen LogP contribution in [0, 0.1) is 5.92 Å². The molecular formula is C17H23NO2. The predicted octanol–water partition coefficient (Wildman–Crippen LogP) is 2.98. The highest BCUT2D eigenvalue weighted by molar-refractivity contribution is 5.96. The summed E-state index contributed by atoms with van der Waals surface area (Å²) in [5.41, 5.74) is 2.76. The van der Waals surface area contributed by atoms with Crippen LogP contribution in [0.2, 0.25) is 0 Å². The number of carbonyl (C=O) groups is 1. The number of hydrogen-bond donors (Lipinski definition) is 2. The Hall–Kier alpha value is -1.35. The second-order valence-corrected chi connectivity index (χ2v) is 6.12. The van der Waals surface area contributed by atoms with E-state index in [2.05, 4.69) is 5.32 Å². The molecule has 1 heterocycles. The zero-order valence-corrected chi connectivity index (χ0v) is 11.9. The highest BCUT2D eigenvalue weighted by atomic mass is 16.3. The maximum Gasteiger partial charge on any atom is 0.251 e. The molecule has 2 aliphatic rings. The molecule has 1 saturated carbocycles. The fraction of sp³-hybridized carbons (Fsp3) is 0.588. The van der Waals surface area contributed by atoms with Crippen LogP contribution < -0.4 is 5.32 Å². The van der Waals surface area contributed by atoms with Gasteiger partial charge in [-0.05, 0) is 42.4 Å². The van der Waals surface area contributed by atoms with E-state index in [1.165, 1.54) is 25.7 Å². The minimum absolute atomic E-state index is 0.00108. The topological polar surface area (TPSA) is 49.3 Å². The average Bonchev–Trinajstić information content (AvgIpc) is 2.76. The molecule has 1 fully saturated rings. The predicted molar refractivity (Wildman–Crippen MR) is 78.6 cm³/mol. The molecule has 3 heteroatoms. The van der Waals surface area contributed by atoms with Gasteiger partial charge in [0.2, 0.25) is 0 Å². The summed E-state index contributed by atoms with van der Waals surface area (Å²) in [5.74, 6) is 0.350. The summed E-state index contributed by atoms with van der Waals surface area (Å²) < 4.78 is 0. The van der Waals surface area contributed by atoms with Crippen LogP contribution in [0.4, 0.5) is 0 Å². The van der Waals surface area contributed by atoms with Gasteiger partial charge < -0.3 is 10.4 Å². The lowest BCUT2D eigenvalue weighted by molar-refractivity contribution is 0.0938. The first-order valence-electron chi connectivity index (χ1n) is 7.85. The van der Waals surface area contributed by atoms with E-state index >= 15 is 0 Å². The van der Waals surface area contributed by atoms with Crippen molar-refractivity contribution in [2.75, 3.05) is 6.54 Å². The quantitative estimate of drug-likeness (QED) is 0.814. The third kappa shape index (κ3) is 2.73. The SMILES string of the molecule is O=C1NCCc2ccc(C(O)C3CCCCCC3)cc21. The highest BCUT2D eigenvalue weighted by Gasteiger charge is 2.24. The van der Waals surface area contributed by atoms with E-state index in [0.29, 0.717) is 5.92 Å². The Morgan fingerprint density at radius 1 is 1.15 bits per heavy atom. The van der Waals surface area contributed by atoms with Gasteiger partial charge in [0.15, 0.2) is 0 Å². The first-order chi connectivity index (χ1) is 9.75. The first-order valence-corrected chi connectivity index (χ1v) is 7.85. The maximum atomic E-state index is 11.9. The van der Waals surface area contributed by atoms with Crippen LogP contribution in [0.15, 0.2) is 18.2 Å². The number of fused-ring (bicyclic) bond motifs is 1. The van der Waals surface area contributed by atoms with Crippen molar-refractivity contribution in [2.24, 2.45) is 5.92 Å². The minimum Gasteiger partial charge on any atom is -0.388 e. The van der Waals surface area contributed by atoms with Crippen LogP contribution in [-0.2, 0) is 6.42 Å². The number of nitrogens with one attached hydrogen (secondary N) is 1. The van der Waals surface area contributed by atoms with E-state index in [0.717, 1.165) is 42.5 Å². The lowest BCUT2D eigenvalue weighted by Crippen LogP contribution is -2.32. The number of amides is 1. The van der Waals surface area contributed by atoms with Crippen LogP contribution in [0.1, 0.15) is 66.1 Å². The normalized spacial score (nSPS) is 21.8. The molecule has 3 nitrogen and oxygen atoms in total. The molecule has 0 spiro atoms. The zero-order chi connectivity index (χ0) is 13.9. The number of hydrogen-bond acceptors (Lipinski definition) is 2. The van der Waals surface area contributed by atoms with Gasteiger partial charge in [-0.25, -0.2) is 0 Å². The Kier molecular flexibility index (Phi) is 4.06. The van der Waals surface area contributed by atoms with Gasteiger partial charge in [0.25, 0.3) is 5.91 Å². The van der Waals surface area contributed by atoms with Gasteiger partial charge in [0.1, 0.15) is 0 Å². The van der Waals surface area contributed by atoms with E-state index in [9.17, 15) is 9.90 Å². The maximum absolute atomic E-state index is 11.9. The molecule has 1 aromatic rings. The lowest BCUT2D eigenvalue weighted by Gasteiger charge is -2.24. The monoisotopic (exact) mass is 273 g/mol. The van der Waals surface area contributed by atoms with Gasteiger partial charge in [-0.2, -0.15) is 0 Å². The Morgan fingerprint density at radius 3 is 2.65 bits per heavy atom. The van der Waals surface area contributed by atoms with Crippen LogP contribution in [0.5, 0.6) is 0 Å². The van der Waals surface area contributed by atoms with Gasteiger partial charge >= 0.3 is 0 Å². The van der Waals surface area contributed by atoms with Crippen molar-refractivity contribution in [1.82, 2.24) is 5.32 Å². The molecule has 108 valence electrons. The number of aliphatic hydroxyl groups excluding tert-OH is 1. The third-order valence-electron chi connectivity index (χ3n) is 4.75. The smallest absolute Gasteiger partial charge is 0.251 e. The molecule has 20 heavy (non-hydrogen) atoms. The Morgan fingerprint density at radius 2 is 1.90 bits per heavy atom. The summed E-state index contributed by atoms with van der Waals surface area (Å²) in [6, 6.07) is 5.93. The van der Waals surface area contributed by atoms with Crippen molar-refractivity contribution in [3.63, 3.8) is 0 Å². The van der Waals surface area contributed by atoms with E-state index < -0.39 is 6.10 Å². The van der Waals surface area contributed by atoms with Gasteiger partial charge in [-0.1, -0.05) is 37.8 Å². The van der Waals surface area contributed by atoms with Crippen molar-refractivity contribution < 1.29 is 9.90 Å². The Labute approximate surface area is 120 Å². The zero-order valence-electron chi connectivity index (χ0n) is 11.9. The molecule has 3 rings (SSSR count).